The zero-order valence-corrected chi connectivity index (χ0v) is 10.9. The van der Waals surface area contributed by atoms with E-state index >= 15 is 0 Å². The van der Waals surface area contributed by atoms with E-state index < -0.39 is 6.09 Å². The molecule has 4 nitrogen and oxygen atoms in total. The highest BCUT2D eigenvalue weighted by Gasteiger charge is 2.05. The summed E-state index contributed by atoms with van der Waals surface area (Å²) in [5.74, 6) is 0.531. The standard InChI is InChI=1S/C13H14N2O2S/c1-2-11-8-14-12(18-11)9-15-13(16)17-10-6-4-3-5-7-10/h3-8H,2,9H2,1H3,(H,15,16). The van der Waals surface area contributed by atoms with Gasteiger partial charge in [-0.25, -0.2) is 9.78 Å². The zero-order valence-electron chi connectivity index (χ0n) is 10.1. The molecule has 0 aliphatic heterocycles. The molecule has 0 radical (unpaired) electrons. The topological polar surface area (TPSA) is 51.2 Å². The van der Waals surface area contributed by atoms with Crippen molar-refractivity contribution in [2.45, 2.75) is 19.9 Å². The van der Waals surface area contributed by atoms with Crippen molar-refractivity contribution in [2.75, 3.05) is 0 Å². The Hall–Kier alpha value is -1.88. The van der Waals surface area contributed by atoms with Gasteiger partial charge < -0.3 is 10.1 Å². The highest BCUT2D eigenvalue weighted by atomic mass is 32.1. The molecule has 5 heteroatoms. The molecule has 0 bridgehead atoms. The first kappa shape index (κ1) is 12.6. The third-order valence-electron chi connectivity index (χ3n) is 2.29. The highest BCUT2D eigenvalue weighted by molar-refractivity contribution is 7.11. The number of ether oxygens (including phenoxy) is 1. The van der Waals surface area contributed by atoms with Gasteiger partial charge in [0.1, 0.15) is 10.8 Å². The minimum Gasteiger partial charge on any atom is -0.410 e. The number of aryl methyl sites for hydroxylation is 1. The Morgan fingerprint density at radius 3 is 2.83 bits per heavy atom. The summed E-state index contributed by atoms with van der Waals surface area (Å²) in [4.78, 5) is 16.9. The van der Waals surface area contributed by atoms with Gasteiger partial charge >= 0.3 is 6.09 Å². The molecule has 2 aromatic rings. The maximum atomic E-state index is 11.5. The molecule has 0 spiro atoms. The summed E-state index contributed by atoms with van der Waals surface area (Å²) in [6.45, 7) is 2.48. The van der Waals surface area contributed by atoms with Gasteiger partial charge in [0.05, 0.1) is 6.54 Å². The predicted molar refractivity (Wildman–Crippen MR) is 70.8 cm³/mol. The lowest BCUT2D eigenvalue weighted by Crippen LogP contribution is -2.26. The summed E-state index contributed by atoms with van der Waals surface area (Å²) in [5.41, 5.74) is 0. The summed E-state index contributed by atoms with van der Waals surface area (Å²) in [5, 5.41) is 3.56. The van der Waals surface area contributed by atoms with Gasteiger partial charge in [0.15, 0.2) is 0 Å². The second-order valence-electron chi connectivity index (χ2n) is 3.63. The van der Waals surface area contributed by atoms with Gasteiger partial charge in [-0.2, -0.15) is 0 Å². The van der Waals surface area contributed by atoms with Crippen LogP contribution < -0.4 is 10.1 Å². The number of hydrogen-bond donors (Lipinski definition) is 1. The number of carbonyl (C=O) groups is 1. The van der Waals surface area contributed by atoms with Crippen molar-refractivity contribution in [2.24, 2.45) is 0 Å². The van der Waals surface area contributed by atoms with E-state index in [1.807, 2.05) is 24.4 Å². The number of amides is 1. The van der Waals surface area contributed by atoms with Crippen molar-refractivity contribution in [3.05, 3.63) is 46.4 Å². The third kappa shape index (κ3) is 3.56. The maximum Gasteiger partial charge on any atom is 0.412 e. The van der Waals surface area contributed by atoms with E-state index in [1.54, 1.807) is 23.5 Å². The average Bonchev–Trinajstić information content (AvgIpc) is 2.85. The average molecular weight is 262 g/mol. The van der Waals surface area contributed by atoms with Crippen LogP contribution in [0, 0.1) is 0 Å². The molecule has 0 fully saturated rings. The summed E-state index contributed by atoms with van der Waals surface area (Å²) >= 11 is 1.60. The second kappa shape index (κ2) is 6.16. The van der Waals surface area contributed by atoms with Crippen LogP contribution >= 0.6 is 11.3 Å². The number of aromatic nitrogens is 1. The van der Waals surface area contributed by atoms with E-state index in [4.69, 9.17) is 4.74 Å². The molecule has 1 aromatic heterocycles. The minimum absolute atomic E-state index is 0.399. The van der Waals surface area contributed by atoms with Gasteiger partial charge in [-0.3, -0.25) is 0 Å². The van der Waals surface area contributed by atoms with E-state index in [2.05, 4.69) is 17.2 Å². The molecule has 0 unspecified atom stereocenters. The second-order valence-corrected chi connectivity index (χ2v) is 4.83. The van der Waals surface area contributed by atoms with Gasteiger partial charge in [-0.1, -0.05) is 25.1 Å². The van der Waals surface area contributed by atoms with Gasteiger partial charge in [0.2, 0.25) is 0 Å². The summed E-state index contributed by atoms with van der Waals surface area (Å²) < 4.78 is 5.10. The van der Waals surface area contributed by atoms with Crippen LogP contribution in [0.25, 0.3) is 0 Å². The van der Waals surface area contributed by atoms with Gasteiger partial charge in [-0.05, 0) is 18.6 Å². The molecule has 0 aliphatic carbocycles. The summed E-state index contributed by atoms with van der Waals surface area (Å²) in [7, 11) is 0. The molecule has 1 heterocycles. The lowest BCUT2D eigenvalue weighted by molar-refractivity contribution is 0.200. The molecule has 2 rings (SSSR count). The fourth-order valence-electron chi connectivity index (χ4n) is 1.37. The molecule has 0 saturated carbocycles. The van der Waals surface area contributed by atoms with Crippen molar-refractivity contribution in [3.63, 3.8) is 0 Å². The Morgan fingerprint density at radius 1 is 1.39 bits per heavy atom. The molecule has 1 aromatic carbocycles. The van der Waals surface area contributed by atoms with E-state index in [1.165, 1.54) is 4.88 Å². The molecule has 0 atom stereocenters. The number of hydrogen-bond acceptors (Lipinski definition) is 4. The van der Waals surface area contributed by atoms with Crippen LogP contribution in [0.5, 0.6) is 5.75 Å². The Morgan fingerprint density at radius 2 is 2.17 bits per heavy atom. The maximum absolute atomic E-state index is 11.5. The fraction of sp³-hybridized carbons (Fsp3) is 0.231. The van der Waals surface area contributed by atoms with Crippen LogP contribution in [0.3, 0.4) is 0 Å². The van der Waals surface area contributed by atoms with Crippen molar-refractivity contribution >= 4 is 17.4 Å². The van der Waals surface area contributed by atoms with Crippen molar-refractivity contribution in [3.8, 4) is 5.75 Å². The number of para-hydroxylation sites is 1. The molecular weight excluding hydrogens is 248 g/mol. The normalized spacial score (nSPS) is 10.1. The number of rotatable bonds is 4. The quantitative estimate of drug-likeness (QED) is 0.921. The molecule has 0 aliphatic rings. The molecular formula is C13H14N2O2S. The first-order chi connectivity index (χ1) is 8.78. The largest absolute Gasteiger partial charge is 0.412 e. The van der Waals surface area contributed by atoms with E-state index in [9.17, 15) is 4.79 Å². The van der Waals surface area contributed by atoms with E-state index in [0.717, 1.165) is 11.4 Å². The molecule has 1 N–H and O–H groups in total. The molecule has 18 heavy (non-hydrogen) atoms. The van der Waals surface area contributed by atoms with Crippen LogP contribution in [0.1, 0.15) is 16.8 Å². The molecule has 1 amide bonds. The number of benzene rings is 1. The first-order valence-corrected chi connectivity index (χ1v) is 6.54. The Kier molecular flexibility index (Phi) is 4.30. The van der Waals surface area contributed by atoms with Crippen molar-refractivity contribution in [1.29, 1.82) is 0 Å². The van der Waals surface area contributed by atoms with Crippen molar-refractivity contribution in [1.82, 2.24) is 10.3 Å². The van der Waals surface area contributed by atoms with E-state index in [-0.39, 0.29) is 0 Å². The fourth-order valence-corrected chi connectivity index (χ4v) is 2.17. The monoisotopic (exact) mass is 262 g/mol. The Balaban J connectivity index is 1.81. The molecule has 94 valence electrons. The van der Waals surface area contributed by atoms with Crippen LogP contribution in [0.15, 0.2) is 36.5 Å². The summed E-state index contributed by atoms with van der Waals surface area (Å²) in [6, 6.07) is 8.97. The van der Waals surface area contributed by atoms with Crippen LogP contribution in [0.4, 0.5) is 4.79 Å². The molecule has 0 saturated heterocycles. The SMILES string of the molecule is CCc1cnc(CNC(=O)Oc2ccccc2)s1. The smallest absolute Gasteiger partial charge is 0.410 e. The van der Waals surface area contributed by atoms with Gasteiger partial charge in [-0.15, -0.1) is 11.3 Å². The number of nitrogens with zero attached hydrogens (tertiary/aromatic N) is 1. The zero-order chi connectivity index (χ0) is 12.8. The highest BCUT2D eigenvalue weighted by Crippen LogP contribution is 2.13. The minimum atomic E-state index is -0.463. The number of carbonyl (C=O) groups excluding carboxylic acids is 1. The van der Waals surface area contributed by atoms with Crippen LogP contribution in [0.2, 0.25) is 0 Å². The van der Waals surface area contributed by atoms with Crippen molar-refractivity contribution < 1.29 is 9.53 Å². The van der Waals surface area contributed by atoms with Crippen LogP contribution in [-0.2, 0) is 13.0 Å². The lowest BCUT2D eigenvalue weighted by atomic mass is 10.3. The van der Waals surface area contributed by atoms with Crippen LogP contribution in [-0.4, -0.2) is 11.1 Å². The first-order valence-electron chi connectivity index (χ1n) is 5.72. The lowest BCUT2D eigenvalue weighted by Gasteiger charge is -2.04. The third-order valence-corrected chi connectivity index (χ3v) is 3.43. The predicted octanol–water partition coefficient (Wildman–Crippen LogP) is 2.99. The van der Waals surface area contributed by atoms with Gasteiger partial charge in [0.25, 0.3) is 0 Å². The Labute approximate surface area is 110 Å². The summed E-state index contributed by atoms with van der Waals surface area (Å²) in [6.07, 6.45) is 2.34. The van der Waals surface area contributed by atoms with Gasteiger partial charge in [0, 0.05) is 11.1 Å². The Bertz CT molecular complexity index is 511. The number of thiazole rings is 1. The van der Waals surface area contributed by atoms with E-state index in [0.29, 0.717) is 12.3 Å². The number of nitrogens with one attached hydrogen (secondary N) is 1.